The largest absolute Gasteiger partial charge is 0.480 e. The van der Waals surface area contributed by atoms with Gasteiger partial charge in [-0.1, -0.05) is 15.9 Å². The summed E-state index contributed by atoms with van der Waals surface area (Å²) in [4.78, 5) is 22.1. The molecule has 1 amide bonds. The van der Waals surface area contributed by atoms with Crippen molar-refractivity contribution in [3.63, 3.8) is 0 Å². The summed E-state index contributed by atoms with van der Waals surface area (Å²) in [5.41, 5.74) is 6.09. The van der Waals surface area contributed by atoms with Gasteiger partial charge in [-0.05, 0) is 36.4 Å². The molecule has 0 spiro atoms. The second kappa shape index (κ2) is 8.19. The minimum absolute atomic E-state index is 0.115. The maximum absolute atomic E-state index is 11.6. The van der Waals surface area contributed by atoms with Crippen molar-refractivity contribution >= 4 is 45.3 Å². The van der Waals surface area contributed by atoms with E-state index in [2.05, 4.69) is 21.2 Å². The van der Waals surface area contributed by atoms with Crippen molar-refractivity contribution in [3.8, 4) is 0 Å². The Hall–Kier alpha value is -1.05. The Bertz CT molecular complexity index is 439. The van der Waals surface area contributed by atoms with E-state index in [-0.39, 0.29) is 11.7 Å². The van der Waals surface area contributed by atoms with E-state index >= 15 is 0 Å². The average molecular weight is 347 g/mol. The van der Waals surface area contributed by atoms with Gasteiger partial charge in [0.1, 0.15) is 6.04 Å². The van der Waals surface area contributed by atoms with Gasteiger partial charge in [-0.25, -0.2) is 0 Å². The van der Waals surface area contributed by atoms with Crippen molar-refractivity contribution in [1.29, 1.82) is 0 Å². The highest BCUT2D eigenvalue weighted by Gasteiger charge is 2.11. The molecule has 1 rings (SSSR count). The SMILES string of the molecule is NC(CCSCC(=O)Nc1ccc(Br)cc1)C(=O)O. The lowest BCUT2D eigenvalue weighted by Crippen LogP contribution is -2.30. The van der Waals surface area contributed by atoms with E-state index in [1.165, 1.54) is 11.8 Å². The van der Waals surface area contributed by atoms with Crippen molar-refractivity contribution < 1.29 is 14.7 Å². The third-order valence-corrected chi connectivity index (χ3v) is 3.77. The lowest BCUT2D eigenvalue weighted by atomic mass is 10.2. The summed E-state index contributed by atoms with van der Waals surface area (Å²) in [6.45, 7) is 0. The molecule has 7 heteroatoms. The number of anilines is 1. The molecule has 0 aromatic heterocycles. The van der Waals surface area contributed by atoms with E-state index in [0.29, 0.717) is 12.2 Å². The highest BCUT2D eigenvalue weighted by atomic mass is 79.9. The number of carbonyl (C=O) groups is 2. The van der Waals surface area contributed by atoms with Crippen LogP contribution in [-0.2, 0) is 9.59 Å². The van der Waals surface area contributed by atoms with Gasteiger partial charge in [-0.15, -0.1) is 0 Å². The molecule has 5 nitrogen and oxygen atoms in total. The Balaban J connectivity index is 2.21. The van der Waals surface area contributed by atoms with Crippen LogP contribution in [-0.4, -0.2) is 34.5 Å². The van der Waals surface area contributed by atoms with Gasteiger partial charge in [-0.2, -0.15) is 11.8 Å². The van der Waals surface area contributed by atoms with Gasteiger partial charge in [0.05, 0.1) is 5.75 Å². The van der Waals surface area contributed by atoms with Gasteiger partial charge in [0.25, 0.3) is 0 Å². The Kier molecular flexibility index (Phi) is 6.90. The summed E-state index contributed by atoms with van der Waals surface area (Å²) in [7, 11) is 0. The van der Waals surface area contributed by atoms with Crippen LogP contribution in [0.2, 0.25) is 0 Å². The van der Waals surface area contributed by atoms with Crippen molar-refractivity contribution in [2.45, 2.75) is 12.5 Å². The van der Waals surface area contributed by atoms with E-state index < -0.39 is 12.0 Å². The maximum Gasteiger partial charge on any atom is 0.320 e. The van der Waals surface area contributed by atoms with Crippen LogP contribution in [0.5, 0.6) is 0 Å². The fourth-order valence-corrected chi connectivity index (χ4v) is 2.32. The van der Waals surface area contributed by atoms with Gasteiger partial charge in [-0.3, -0.25) is 9.59 Å². The number of carboxylic acids is 1. The third-order valence-electron chi connectivity index (χ3n) is 2.25. The molecule has 4 N–H and O–H groups in total. The van der Waals surface area contributed by atoms with E-state index in [4.69, 9.17) is 10.8 Å². The molecule has 0 radical (unpaired) electrons. The van der Waals surface area contributed by atoms with E-state index in [1.54, 1.807) is 12.1 Å². The Morgan fingerprint density at radius 3 is 2.58 bits per heavy atom. The minimum atomic E-state index is -1.01. The van der Waals surface area contributed by atoms with Crippen molar-refractivity contribution in [2.75, 3.05) is 16.8 Å². The topological polar surface area (TPSA) is 92.4 Å². The zero-order valence-electron chi connectivity index (χ0n) is 10.1. The molecule has 1 unspecified atom stereocenters. The number of rotatable bonds is 7. The fourth-order valence-electron chi connectivity index (χ4n) is 1.23. The second-order valence-electron chi connectivity index (χ2n) is 3.84. The number of amides is 1. The predicted octanol–water partition coefficient (Wildman–Crippen LogP) is 1.92. The first-order valence-corrected chi connectivity index (χ1v) is 7.55. The molecule has 0 aliphatic heterocycles. The zero-order chi connectivity index (χ0) is 14.3. The molecule has 0 aliphatic rings. The normalized spacial score (nSPS) is 11.9. The zero-order valence-corrected chi connectivity index (χ0v) is 12.5. The maximum atomic E-state index is 11.6. The van der Waals surface area contributed by atoms with Crippen LogP contribution < -0.4 is 11.1 Å². The molecule has 0 aliphatic carbocycles. The number of thioether (sulfide) groups is 1. The molecular weight excluding hydrogens is 332 g/mol. The van der Waals surface area contributed by atoms with Gasteiger partial charge < -0.3 is 16.2 Å². The summed E-state index contributed by atoms with van der Waals surface area (Å²) in [6, 6.07) is 6.42. The molecule has 1 atom stereocenters. The van der Waals surface area contributed by atoms with Crippen LogP contribution >= 0.6 is 27.7 Å². The fraction of sp³-hybridized carbons (Fsp3) is 0.333. The average Bonchev–Trinajstić information content (AvgIpc) is 2.37. The number of carbonyl (C=O) groups excluding carboxylic acids is 1. The number of nitrogens with one attached hydrogen (secondary N) is 1. The molecule has 0 saturated heterocycles. The van der Waals surface area contributed by atoms with E-state index in [9.17, 15) is 9.59 Å². The summed E-state index contributed by atoms with van der Waals surface area (Å²) in [5.74, 6) is -0.306. The van der Waals surface area contributed by atoms with Crippen LogP contribution in [0.3, 0.4) is 0 Å². The first kappa shape index (κ1) is 16.0. The predicted molar refractivity (Wildman–Crippen MR) is 80.3 cm³/mol. The molecule has 0 saturated carbocycles. The Labute approximate surface area is 124 Å². The second-order valence-corrected chi connectivity index (χ2v) is 5.86. The van der Waals surface area contributed by atoms with Gasteiger partial charge in [0.2, 0.25) is 5.91 Å². The van der Waals surface area contributed by atoms with Crippen LogP contribution in [0.4, 0.5) is 5.69 Å². The van der Waals surface area contributed by atoms with Crippen molar-refractivity contribution in [2.24, 2.45) is 5.73 Å². The molecule has 104 valence electrons. The summed E-state index contributed by atoms with van der Waals surface area (Å²) < 4.78 is 0.947. The molecule has 0 heterocycles. The quantitative estimate of drug-likeness (QED) is 0.656. The van der Waals surface area contributed by atoms with Crippen LogP contribution in [0.25, 0.3) is 0 Å². The molecule has 19 heavy (non-hydrogen) atoms. The molecule has 1 aromatic rings. The van der Waals surface area contributed by atoms with Gasteiger partial charge in [0, 0.05) is 10.2 Å². The van der Waals surface area contributed by atoms with Crippen LogP contribution in [0.15, 0.2) is 28.7 Å². The van der Waals surface area contributed by atoms with E-state index in [1.807, 2.05) is 12.1 Å². The highest BCUT2D eigenvalue weighted by molar-refractivity contribution is 9.10. The summed E-state index contributed by atoms with van der Waals surface area (Å²) in [6.07, 6.45) is 0.353. The first-order chi connectivity index (χ1) is 8.99. The highest BCUT2D eigenvalue weighted by Crippen LogP contribution is 2.14. The number of nitrogens with two attached hydrogens (primary N) is 1. The van der Waals surface area contributed by atoms with Crippen LogP contribution in [0.1, 0.15) is 6.42 Å². The lowest BCUT2D eigenvalue weighted by Gasteiger charge is -2.07. The molecule has 1 aromatic carbocycles. The smallest absolute Gasteiger partial charge is 0.320 e. The summed E-state index contributed by atoms with van der Waals surface area (Å²) in [5, 5.41) is 11.3. The standard InChI is InChI=1S/C12H15BrN2O3S/c13-8-1-3-9(4-2-8)15-11(16)7-19-6-5-10(14)12(17)18/h1-4,10H,5-7,14H2,(H,15,16)(H,17,18). The number of hydrogen-bond donors (Lipinski definition) is 3. The Morgan fingerprint density at radius 1 is 1.37 bits per heavy atom. The van der Waals surface area contributed by atoms with E-state index in [0.717, 1.165) is 10.2 Å². The number of benzene rings is 1. The molecule has 0 bridgehead atoms. The molecular formula is C12H15BrN2O3S. The van der Waals surface area contributed by atoms with Crippen molar-refractivity contribution in [3.05, 3.63) is 28.7 Å². The third kappa shape index (κ3) is 6.60. The lowest BCUT2D eigenvalue weighted by molar-refractivity contribution is -0.138. The van der Waals surface area contributed by atoms with Gasteiger partial charge in [0.15, 0.2) is 0 Å². The number of carboxylic acid groups (broad SMARTS) is 1. The number of hydrogen-bond acceptors (Lipinski definition) is 4. The van der Waals surface area contributed by atoms with Crippen molar-refractivity contribution in [1.82, 2.24) is 0 Å². The minimum Gasteiger partial charge on any atom is -0.480 e. The summed E-state index contributed by atoms with van der Waals surface area (Å²) >= 11 is 4.68. The number of aliphatic carboxylic acids is 1. The first-order valence-electron chi connectivity index (χ1n) is 5.60. The Morgan fingerprint density at radius 2 is 2.00 bits per heavy atom. The van der Waals surface area contributed by atoms with Gasteiger partial charge >= 0.3 is 5.97 Å². The molecule has 0 fully saturated rings. The number of halogens is 1. The monoisotopic (exact) mass is 346 g/mol. The van der Waals surface area contributed by atoms with Crippen LogP contribution in [0, 0.1) is 0 Å².